The van der Waals surface area contributed by atoms with E-state index in [1.54, 1.807) is 23.0 Å². The molecule has 0 saturated heterocycles. The molecule has 0 unspecified atom stereocenters. The van der Waals surface area contributed by atoms with Gasteiger partial charge in [-0.2, -0.15) is 10.2 Å². The fourth-order valence-corrected chi connectivity index (χ4v) is 2.05. The maximum Gasteiger partial charge on any atom is 0.153 e. The highest BCUT2D eigenvalue weighted by Gasteiger charge is 2.16. The monoisotopic (exact) mass is 257 g/mol. The van der Waals surface area contributed by atoms with Crippen LogP contribution in [-0.4, -0.2) is 20.0 Å². The molecule has 0 atom stereocenters. The number of nitrogens with two attached hydrogens (primary N) is 1. The van der Waals surface area contributed by atoms with E-state index < -0.39 is 0 Å². The topological polar surface area (TPSA) is 72.5 Å². The molecule has 5 nitrogen and oxygen atoms in total. The van der Waals surface area contributed by atoms with Crippen LogP contribution in [0.15, 0.2) is 36.7 Å². The number of nitrogens with zero attached hydrogens (tertiary/aromatic N) is 3. The third-order valence-electron chi connectivity index (χ3n) is 2.90. The van der Waals surface area contributed by atoms with Crippen molar-refractivity contribution in [2.45, 2.75) is 0 Å². The van der Waals surface area contributed by atoms with Crippen LogP contribution in [-0.2, 0) is 7.05 Å². The molecule has 6 heteroatoms. The molecule has 1 aromatic carbocycles. The van der Waals surface area contributed by atoms with E-state index in [1.165, 1.54) is 12.1 Å². The van der Waals surface area contributed by atoms with Crippen molar-refractivity contribution in [1.29, 1.82) is 0 Å². The second kappa shape index (κ2) is 4.24. The van der Waals surface area contributed by atoms with Gasteiger partial charge in [-0.15, -0.1) is 0 Å². The maximum atomic E-state index is 13.3. The Kier molecular flexibility index (Phi) is 2.56. The molecule has 3 aromatic rings. The SMILES string of the molecule is Cn1cc(-c2[nH]nc(N)c2-c2cccc(F)c2)cn1. The number of H-pyrrole nitrogens is 1. The van der Waals surface area contributed by atoms with Crippen molar-refractivity contribution >= 4 is 5.82 Å². The van der Waals surface area contributed by atoms with Crippen LogP contribution in [0.2, 0.25) is 0 Å². The normalized spacial score (nSPS) is 10.8. The quantitative estimate of drug-likeness (QED) is 0.739. The molecule has 0 bridgehead atoms. The maximum absolute atomic E-state index is 13.3. The van der Waals surface area contributed by atoms with Gasteiger partial charge >= 0.3 is 0 Å². The van der Waals surface area contributed by atoms with Crippen LogP contribution >= 0.6 is 0 Å². The fourth-order valence-electron chi connectivity index (χ4n) is 2.05. The molecule has 0 aliphatic carbocycles. The largest absolute Gasteiger partial charge is 0.382 e. The molecule has 0 spiro atoms. The molecule has 0 amide bonds. The van der Waals surface area contributed by atoms with Gasteiger partial charge in [-0.3, -0.25) is 9.78 Å². The van der Waals surface area contributed by atoms with Crippen LogP contribution in [0, 0.1) is 5.82 Å². The lowest BCUT2D eigenvalue weighted by Gasteiger charge is -2.03. The van der Waals surface area contributed by atoms with Gasteiger partial charge in [0, 0.05) is 18.8 Å². The Morgan fingerprint density at radius 2 is 2.16 bits per heavy atom. The first kappa shape index (κ1) is 11.5. The second-order valence-corrected chi connectivity index (χ2v) is 4.27. The van der Waals surface area contributed by atoms with Gasteiger partial charge in [-0.25, -0.2) is 4.39 Å². The van der Waals surface area contributed by atoms with Crippen LogP contribution in [0.25, 0.3) is 22.4 Å². The molecule has 0 fully saturated rings. The van der Waals surface area contributed by atoms with E-state index >= 15 is 0 Å². The molecule has 0 saturated carbocycles. The summed E-state index contributed by atoms with van der Waals surface area (Å²) in [6.45, 7) is 0. The fraction of sp³-hybridized carbons (Fsp3) is 0.0769. The van der Waals surface area contributed by atoms with Gasteiger partial charge in [-0.05, 0) is 17.7 Å². The average Bonchev–Trinajstić information content (AvgIpc) is 2.95. The van der Waals surface area contributed by atoms with Crippen LogP contribution < -0.4 is 5.73 Å². The minimum absolute atomic E-state index is 0.310. The van der Waals surface area contributed by atoms with Gasteiger partial charge in [0.2, 0.25) is 0 Å². The molecule has 0 aliphatic heterocycles. The average molecular weight is 257 g/mol. The summed E-state index contributed by atoms with van der Waals surface area (Å²) in [7, 11) is 1.82. The molecule has 2 heterocycles. The zero-order chi connectivity index (χ0) is 13.4. The predicted octanol–water partition coefficient (Wildman–Crippen LogP) is 2.20. The number of aromatic nitrogens is 4. The number of nitrogens with one attached hydrogen (secondary N) is 1. The number of nitrogen functional groups attached to an aromatic ring is 1. The number of anilines is 1. The van der Waals surface area contributed by atoms with E-state index in [-0.39, 0.29) is 5.82 Å². The second-order valence-electron chi connectivity index (χ2n) is 4.27. The highest BCUT2D eigenvalue weighted by Crippen LogP contribution is 2.34. The van der Waals surface area contributed by atoms with Gasteiger partial charge in [0.05, 0.1) is 17.5 Å². The lowest BCUT2D eigenvalue weighted by molar-refractivity contribution is 0.628. The van der Waals surface area contributed by atoms with Crippen molar-refractivity contribution in [2.75, 3.05) is 5.73 Å². The summed E-state index contributed by atoms with van der Waals surface area (Å²) in [5.41, 5.74) is 8.83. The predicted molar refractivity (Wildman–Crippen MR) is 70.6 cm³/mol. The van der Waals surface area contributed by atoms with Gasteiger partial charge < -0.3 is 5.73 Å². The lowest BCUT2D eigenvalue weighted by atomic mass is 10.0. The summed E-state index contributed by atoms with van der Waals surface area (Å²) in [6, 6.07) is 6.26. The van der Waals surface area contributed by atoms with Crippen LogP contribution in [0.4, 0.5) is 10.2 Å². The van der Waals surface area contributed by atoms with Crippen molar-refractivity contribution in [1.82, 2.24) is 20.0 Å². The number of aromatic amines is 1. The molecular weight excluding hydrogens is 245 g/mol. The van der Waals surface area contributed by atoms with E-state index in [4.69, 9.17) is 5.73 Å². The number of halogens is 1. The van der Waals surface area contributed by atoms with Crippen LogP contribution in [0.1, 0.15) is 0 Å². The summed E-state index contributed by atoms with van der Waals surface area (Å²) in [5.74, 6) is 0.0275. The summed E-state index contributed by atoms with van der Waals surface area (Å²) in [4.78, 5) is 0. The summed E-state index contributed by atoms with van der Waals surface area (Å²) in [6.07, 6.45) is 3.55. The summed E-state index contributed by atoms with van der Waals surface area (Å²) >= 11 is 0. The van der Waals surface area contributed by atoms with Crippen molar-refractivity contribution in [3.8, 4) is 22.4 Å². The Morgan fingerprint density at radius 1 is 1.32 bits per heavy atom. The zero-order valence-corrected chi connectivity index (χ0v) is 10.3. The number of hydrogen-bond donors (Lipinski definition) is 2. The van der Waals surface area contributed by atoms with Crippen molar-refractivity contribution < 1.29 is 4.39 Å². The molecule has 3 N–H and O–H groups in total. The van der Waals surface area contributed by atoms with Crippen molar-refractivity contribution in [3.63, 3.8) is 0 Å². The molecular formula is C13H12FN5. The molecule has 0 aliphatic rings. The van der Waals surface area contributed by atoms with Gasteiger partial charge in [0.1, 0.15) is 5.82 Å². The zero-order valence-electron chi connectivity index (χ0n) is 10.3. The highest BCUT2D eigenvalue weighted by atomic mass is 19.1. The number of aryl methyl sites for hydroxylation is 1. The van der Waals surface area contributed by atoms with Crippen LogP contribution in [0.5, 0.6) is 0 Å². The minimum Gasteiger partial charge on any atom is -0.382 e. The van der Waals surface area contributed by atoms with E-state index in [0.717, 1.165) is 11.3 Å². The number of hydrogen-bond acceptors (Lipinski definition) is 3. The first-order valence-electron chi connectivity index (χ1n) is 5.74. The Hall–Kier alpha value is -2.63. The number of rotatable bonds is 2. The smallest absolute Gasteiger partial charge is 0.153 e. The summed E-state index contributed by atoms with van der Waals surface area (Å²) < 4.78 is 15.0. The minimum atomic E-state index is -0.310. The third kappa shape index (κ3) is 1.97. The lowest BCUT2D eigenvalue weighted by Crippen LogP contribution is -1.89. The Labute approximate surface area is 108 Å². The van der Waals surface area contributed by atoms with E-state index in [9.17, 15) is 4.39 Å². The first-order chi connectivity index (χ1) is 9.15. The summed E-state index contributed by atoms with van der Waals surface area (Å²) in [5, 5.41) is 11.0. The van der Waals surface area contributed by atoms with E-state index in [0.29, 0.717) is 16.9 Å². The third-order valence-corrected chi connectivity index (χ3v) is 2.90. The van der Waals surface area contributed by atoms with Crippen molar-refractivity contribution in [3.05, 3.63) is 42.5 Å². The van der Waals surface area contributed by atoms with Crippen LogP contribution in [0.3, 0.4) is 0 Å². The first-order valence-corrected chi connectivity index (χ1v) is 5.74. The Balaban J connectivity index is 2.19. The molecule has 0 radical (unpaired) electrons. The van der Waals surface area contributed by atoms with Gasteiger partial charge in [-0.1, -0.05) is 12.1 Å². The molecule has 96 valence electrons. The molecule has 3 rings (SSSR count). The molecule has 2 aromatic heterocycles. The Morgan fingerprint density at radius 3 is 2.84 bits per heavy atom. The Bertz CT molecular complexity index is 728. The number of benzene rings is 1. The standard InChI is InChI=1S/C13H12FN5/c1-19-7-9(6-16-19)12-11(13(15)18-17-12)8-3-2-4-10(14)5-8/h2-7H,1H3,(H3,15,17,18). The van der Waals surface area contributed by atoms with E-state index in [1.807, 2.05) is 13.2 Å². The van der Waals surface area contributed by atoms with Gasteiger partial charge in [0.15, 0.2) is 5.82 Å². The van der Waals surface area contributed by atoms with Gasteiger partial charge in [0.25, 0.3) is 0 Å². The van der Waals surface area contributed by atoms with Crippen molar-refractivity contribution in [2.24, 2.45) is 7.05 Å². The van der Waals surface area contributed by atoms with E-state index in [2.05, 4.69) is 15.3 Å². The molecule has 19 heavy (non-hydrogen) atoms. The highest BCUT2D eigenvalue weighted by molar-refractivity contribution is 5.87.